The fourth-order valence-electron chi connectivity index (χ4n) is 1.96. The molecule has 1 aromatic carbocycles. The Morgan fingerprint density at radius 1 is 1.53 bits per heavy atom. The average molecular weight is 299 g/mol. The van der Waals surface area contributed by atoms with Crippen molar-refractivity contribution in [2.45, 2.75) is 13.0 Å². The van der Waals surface area contributed by atoms with Crippen LogP contribution in [0.1, 0.15) is 18.5 Å². The summed E-state index contributed by atoms with van der Waals surface area (Å²) < 4.78 is 6.22. The van der Waals surface area contributed by atoms with E-state index in [1.54, 1.807) is 4.90 Å². The lowest BCUT2D eigenvalue weighted by Crippen LogP contribution is -2.34. The highest BCUT2D eigenvalue weighted by Crippen LogP contribution is 2.36. The minimum absolute atomic E-state index is 0.0576. The Hall–Kier alpha value is -0.910. The van der Waals surface area contributed by atoms with Gasteiger partial charge in [0, 0.05) is 23.2 Å². The van der Waals surface area contributed by atoms with Crippen LogP contribution in [0.15, 0.2) is 22.7 Å². The standard InChI is InChI=1S/C12H15BrN2O2/c1-2-17-6-5-15-10-7-8(13)3-4-9(10)11(14)12(15)16/h3-4,7,11H,2,5-6,14H2,1H3. The Bertz CT molecular complexity index is 437. The highest BCUT2D eigenvalue weighted by molar-refractivity contribution is 9.10. The summed E-state index contributed by atoms with van der Waals surface area (Å²) in [6.07, 6.45) is 0. The van der Waals surface area contributed by atoms with Gasteiger partial charge >= 0.3 is 0 Å². The van der Waals surface area contributed by atoms with Gasteiger partial charge < -0.3 is 15.4 Å². The van der Waals surface area contributed by atoms with Crippen molar-refractivity contribution in [3.05, 3.63) is 28.2 Å². The molecule has 1 atom stereocenters. The molecular formula is C12H15BrN2O2. The molecule has 2 N–H and O–H groups in total. The fourth-order valence-corrected chi connectivity index (χ4v) is 2.31. The fraction of sp³-hybridized carbons (Fsp3) is 0.417. The number of fused-ring (bicyclic) bond motifs is 1. The molecule has 0 saturated carbocycles. The largest absolute Gasteiger partial charge is 0.380 e. The molecule has 0 spiro atoms. The Balaban J connectivity index is 2.23. The summed E-state index contributed by atoms with van der Waals surface area (Å²) in [6.45, 7) is 3.66. The van der Waals surface area contributed by atoms with Crippen molar-refractivity contribution in [3.63, 3.8) is 0 Å². The Morgan fingerprint density at radius 2 is 2.29 bits per heavy atom. The quantitative estimate of drug-likeness (QED) is 0.863. The van der Waals surface area contributed by atoms with Crippen molar-refractivity contribution in [2.75, 3.05) is 24.7 Å². The first-order valence-electron chi connectivity index (χ1n) is 5.59. The van der Waals surface area contributed by atoms with Crippen LogP contribution in [-0.4, -0.2) is 25.7 Å². The molecule has 5 heteroatoms. The van der Waals surface area contributed by atoms with Crippen molar-refractivity contribution in [3.8, 4) is 0 Å². The molecule has 1 amide bonds. The highest BCUT2D eigenvalue weighted by Gasteiger charge is 2.34. The molecule has 0 aromatic heterocycles. The Kier molecular flexibility index (Phi) is 3.81. The van der Waals surface area contributed by atoms with Gasteiger partial charge in [-0.3, -0.25) is 4.79 Å². The second kappa shape index (κ2) is 5.16. The Labute approximate surface area is 109 Å². The van der Waals surface area contributed by atoms with Gasteiger partial charge in [0.25, 0.3) is 0 Å². The lowest BCUT2D eigenvalue weighted by atomic mass is 10.1. The van der Waals surface area contributed by atoms with Gasteiger partial charge in [-0.25, -0.2) is 0 Å². The first-order valence-corrected chi connectivity index (χ1v) is 6.38. The molecule has 4 nitrogen and oxygen atoms in total. The molecule has 0 fully saturated rings. The second-order valence-electron chi connectivity index (χ2n) is 3.87. The van der Waals surface area contributed by atoms with Gasteiger partial charge in [-0.2, -0.15) is 0 Å². The number of anilines is 1. The Morgan fingerprint density at radius 3 is 3.00 bits per heavy atom. The van der Waals surface area contributed by atoms with E-state index in [1.807, 2.05) is 25.1 Å². The van der Waals surface area contributed by atoms with Crippen LogP contribution in [-0.2, 0) is 9.53 Å². The summed E-state index contributed by atoms with van der Waals surface area (Å²) in [7, 11) is 0. The van der Waals surface area contributed by atoms with Crippen molar-refractivity contribution >= 4 is 27.5 Å². The summed E-state index contributed by atoms with van der Waals surface area (Å²) in [5.41, 5.74) is 7.66. The van der Waals surface area contributed by atoms with E-state index in [2.05, 4.69) is 15.9 Å². The molecular weight excluding hydrogens is 284 g/mol. The number of nitrogens with zero attached hydrogens (tertiary/aromatic N) is 1. The number of hydrogen-bond acceptors (Lipinski definition) is 3. The van der Waals surface area contributed by atoms with Crippen LogP contribution in [0.2, 0.25) is 0 Å². The molecule has 1 aromatic rings. The molecule has 1 heterocycles. The minimum Gasteiger partial charge on any atom is -0.380 e. The third-order valence-electron chi connectivity index (χ3n) is 2.81. The highest BCUT2D eigenvalue weighted by atomic mass is 79.9. The molecule has 0 bridgehead atoms. The summed E-state index contributed by atoms with van der Waals surface area (Å²) in [4.78, 5) is 13.7. The van der Waals surface area contributed by atoms with E-state index in [-0.39, 0.29) is 5.91 Å². The van der Waals surface area contributed by atoms with Crippen LogP contribution in [0.4, 0.5) is 5.69 Å². The van der Waals surface area contributed by atoms with Gasteiger partial charge in [-0.05, 0) is 19.1 Å². The molecule has 1 aliphatic rings. The average Bonchev–Trinajstić information content (AvgIpc) is 2.54. The van der Waals surface area contributed by atoms with Crippen molar-refractivity contribution in [2.24, 2.45) is 5.73 Å². The van der Waals surface area contributed by atoms with Gasteiger partial charge in [0.15, 0.2) is 0 Å². The van der Waals surface area contributed by atoms with Gasteiger partial charge in [0.1, 0.15) is 6.04 Å². The van der Waals surface area contributed by atoms with Crippen LogP contribution >= 0.6 is 15.9 Å². The van der Waals surface area contributed by atoms with Crippen molar-refractivity contribution in [1.82, 2.24) is 0 Å². The number of nitrogens with two attached hydrogens (primary N) is 1. The molecule has 2 rings (SSSR count). The molecule has 0 aliphatic carbocycles. The SMILES string of the molecule is CCOCCN1C(=O)C(N)c2ccc(Br)cc21. The zero-order valence-corrected chi connectivity index (χ0v) is 11.2. The van der Waals surface area contributed by atoms with E-state index in [0.717, 1.165) is 15.7 Å². The molecule has 1 aliphatic heterocycles. The van der Waals surface area contributed by atoms with E-state index in [4.69, 9.17) is 10.5 Å². The maximum atomic E-state index is 12.0. The monoisotopic (exact) mass is 298 g/mol. The molecule has 1 unspecified atom stereocenters. The maximum Gasteiger partial charge on any atom is 0.248 e. The number of hydrogen-bond donors (Lipinski definition) is 1. The van der Waals surface area contributed by atoms with E-state index in [9.17, 15) is 4.79 Å². The van der Waals surface area contributed by atoms with Gasteiger partial charge in [-0.1, -0.05) is 22.0 Å². The lowest BCUT2D eigenvalue weighted by Gasteiger charge is -2.17. The van der Waals surface area contributed by atoms with Crippen LogP contribution < -0.4 is 10.6 Å². The number of carbonyl (C=O) groups is 1. The summed E-state index contributed by atoms with van der Waals surface area (Å²) in [5, 5.41) is 0. The number of ether oxygens (including phenoxy) is 1. The van der Waals surface area contributed by atoms with Crippen molar-refractivity contribution in [1.29, 1.82) is 0 Å². The zero-order chi connectivity index (χ0) is 12.4. The summed E-state index contributed by atoms with van der Waals surface area (Å²) in [5.74, 6) is -0.0576. The first kappa shape index (κ1) is 12.5. The number of benzene rings is 1. The van der Waals surface area contributed by atoms with E-state index in [1.165, 1.54) is 0 Å². The van der Waals surface area contributed by atoms with E-state index >= 15 is 0 Å². The summed E-state index contributed by atoms with van der Waals surface area (Å²) >= 11 is 3.40. The van der Waals surface area contributed by atoms with Crippen LogP contribution in [0, 0.1) is 0 Å². The van der Waals surface area contributed by atoms with E-state index in [0.29, 0.717) is 19.8 Å². The molecule has 0 saturated heterocycles. The predicted molar refractivity (Wildman–Crippen MR) is 69.9 cm³/mol. The third-order valence-corrected chi connectivity index (χ3v) is 3.31. The van der Waals surface area contributed by atoms with Gasteiger partial charge in [0.2, 0.25) is 5.91 Å². The number of amides is 1. The normalized spacial score (nSPS) is 18.6. The predicted octanol–water partition coefficient (Wildman–Crippen LogP) is 1.83. The molecule has 92 valence electrons. The topological polar surface area (TPSA) is 55.6 Å². The smallest absolute Gasteiger partial charge is 0.248 e. The van der Waals surface area contributed by atoms with Gasteiger partial charge in [-0.15, -0.1) is 0 Å². The number of carbonyl (C=O) groups excluding carboxylic acids is 1. The second-order valence-corrected chi connectivity index (χ2v) is 4.78. The zero-order valence-electron chi connectivity index (χ0n) is 9.65. The maximum absolute atomic E-state index is 12.0. The van der Waals surface area contributed by atoms with E-state index < -0.39 is 6.04 Å². The minimum atomic E-state index is -0.542. The van der Waals surface area contributed by atoms with Crippen molar-refractivity contribution < 1.29 is 9.53 Å². The summed E-state index contributed by atoms with van der Waals surface area (Å²) in [6, 6.07) is 5.17. The third kappa shape index (κ3) is 2.36. The number of halogens is 1. The number of rotatable bonds is 4. The molecule has 0 radical (unpaired) electrons. The van der Waals surface area contributed by atoms with Crippen LogP contribution in [0.5, 0.6) is 0 Å². The van der Waals surface area contributed by atoms with Gasteiger partial charge in [0.05, 0.1) is 12.3 Å². The molecule has 17 heavy (non-hydrogen) atoms. The first-order chi connectivity index (χ1) is 8.15. The van der Waals surface area contributed by atoms with Crippen LogP contribution in [0.3, 0.4) is 0 Å². The lowest BCUT2D eigenvalue weighted by molar-refractivity contribution is -0.119. The van der Waals surface area contributed by atoms with Crippen LogP contribution in [0.25, 0.3) is 0 Å².